The highest BCUT2D eigenvalue weighted by Crippen LogP contribution is 2.84. The molecule has 3 spiro atoms. The van der Waals surface area contributed by atoms with Crippen molar-refractivity contribution in [2.24, 2.45) is 69.5 Å². The first-order valence-corrected chi connectivity index (χ1v) is 27.8. The first-order chi connectivity index (χ1) is 34.9. The highest BCUT2D eigenvalue weighted by atomic mass is 16.7. The average Bonchev–Trinajstić information content (AvgIpc) is 3.65. The molecule has 19 atom stereocenters. The number of aliphatic hydroxyl groups is 3. The summed E-state index contributed by atoms with van der Waals surface area (Å²) in [7, 11) is 0. The third-order valence-electron chi connectivity index (χ3n) is 22.2. The molecule has 4 saturated carbocycles. The van der Waals surface area contributed by atoms with Crippen LogP contribution in [-0.2, 0) is 51.8 Å². The number of ether oxygens (including phenoxy) is 4. The molecule has 11 aliphatic rings. The number of cyclic esters (lactones) is 1. The van der Waals surface area contributed by atoms with Crippen molar-refractivity contribution in [1.82, 2.24) is 10.6 Å². The minimum atomic E-state index is -1.54. The normalized spacial score (nSPS) is 46.8. The molecule has 5 aliphatic heterocycles. The molecule has 13 heteroatoms. The summed E-state index contributed by atoms with van der Waals surface area (Å²) in [5, 5.41) is 43.3. The summed E-state index contributed by atoms with van der Waals surface area (Å²) in [6, 6.07) is 12.8. The number of esters is 2. The van der Waals surface area contributed by atoms with Gasteiger partial charge in [0.25, 0.3) is 0 Å². The lowest BCUT2D eigenvalue weighted by Crippen LogP contribution is -2.81. The molecule has 5 saturated heterocycles. The molecular weight excluding hydrogens is 913 g/mol. The molecule has 6 heterocycles. The molecule has 386 valence electrons. The van der Waals surface area contributed by atoms with Gasteiger partial charge in [-0.15, -0.1) is 0 Å². The van der Waals surface area contributed by atoms with Gasteiger partial charge >= 0.3 is 11.9 Å². The molecule has 6 aliphatic carbocycles. The second-order valence-corrected chi connectivity index (χ2v) is 24.9. The Bertz CT molecular complexity index is 2560. The van der Waals surface area contributed by atoms with Gasteiger partial charge in [0.15, 0.2) is 17.5 Å². The number of epoxide rings is 1. The number of nitrogens with one attached hydrogen (secondary N) is 2. The number of fused-ring (bicyclic) bond motifs is 1. The third kappa shape index (κ3) is 6.41. The number of hydrogen-bond donors (Lipinski definition) is 5. The van der Waals surface area contributed by atoms with Crippen LogP contribution in [0.25, 0.3) is 0 Å². The topological polar surface area (TPSA) is 189 Å². The summed E-state index contributed by atoms with van der Waals surface area (Å²) >= 11 is 0. The molecule has 4 bridgehead atoms. The Morgan fingerprint density at radius 1 is 0.944 bits per heavy atom. The Hall–Kier alpha value is -3.87. The number of rotatable bonds is 10. The molecule has 13 nitrogen and oxygen atoms in total. The van der Waals surface area contributed by atoms with E-state index < -0.39 is 87.8 Å². The fourth-order valence-electron chi connectivity index (χ4n) is 19.1. The smallest absolute Gasteiger partial charge is 0.339 e. The minimum absolute atomic E-state index is 0.00276. The Morgan fingerprint density at radius 3 is 2.54 bits per heavy atom. The monoisotopic (exact) mass is 987 g/mol. The van der Waals surface area contributed by atoms with Crippen LogP contribution in [0, 0.1) is 81.3 Å². The molecule has 0 radical (unpaired) electrons. The molecule has 13 rings (SSSR count). The lowest BCUT2D eigenvalue weighted by Gasteiger charge is -2.71. The fourth-order valence-corrected chi connectivity index (χ4v) is 19.1. The largest absolute Gasteiger partial charge is 0.469 e. The van der Waals surface area contributed by atoms with E-state index in [1.54, 1.807) is 6.26 Å². The maximum atomic E-state index is 16.5. The summed E-state index contributed by atoms with van der Waals surface area (Å²) in [5.74, 6) is 5.22. The van der Waals surface area contributed by atoms with Crippen LogP contribution in [0.15, 0.2) is 59.2 Å². The second-order valence-electron chi connectivity index (χ2n) is 24.9. The Morgan fingerprint density at radius 2 is 1.78 bits per heavy atom. The quantitative estimate of drug-likeness (QED) is 0.0797. The van der Waals surface area contributed by atoms with Crippen molar-refractivity contribution in [3.05, 3.63) is 71.7 Å². The number of carbonyl (C=O) groups excluding carboxylic acids is 3. The molecule has 72 heavy (non-hydrogen) atoms. The van der Waals surface area contributed by atoms with Gasteiger partial charge in [0.1, 0.15) is 24.1 Å². The predicted octanol–water partition coefficient (Wildman–Crippen LogP) is 6.10. The van der Waals surface area contributed by atoms with Gasteiger partial charge in [-0.1, -0.05) is 80.5 Å². The van der Waals surface area contributed by atoms with Crippen LogP contribution >= 0.6 is 0 Å². The molecule has 2 aromatic rings. The van der Waals surface area contributed by atoms with Crippen LogP contribution in [0.5, 0.6) is 0 Å². The van der Waals surface area contributed by atoms with E-state index >= 15 is 9.59 Å². The van der Waals surface area contributed by atoms with Crippen LogP contribution in [0.1, 0.15) is 121 Å². The number of hydrogen-bond acceptors (Lipinski definition) is 13. The zero-order valence-corrected chi connectivity index (χ0v) is 42.0. The van der Waals surface area contributed by atoms with Crippen LogP contribution in [0.3, 0.4) is 0 Å². The van der Waals surface area contributed by atoms with Crippen LogP contribution in [0.4, 0.5) is 0 Å². The molecule has 5 N–H and O–H groups in total. The third-order valence-corrected chi connectivity index (χ3v) is 22.2. The van der Waals surface area contributed by atoms with Gasteiger partial charge in [-0.2, -0.15) is 0 Å². The van der Waals surface area contributed by atoms with Crippen molar-refractivity contribution >= 4 is 17.7 Å². The maximum absolute atomic E-state index is 16.5. The number of furan rings is 1. The summed E-state index contributed by atoms with van der Waals surface area (Å²) in [4.78, 5) is 45.5. The van der Waals surface area contributed by atoms with Crippen molar-refractivity contribution in [1.29, 1.82) is 0 Å². The van der Waals surface area contributed by atoms with E-state index in [1.165, 1.54) is 5.56 Å². The minimum Gasteiger partial charge on any atom is -0.469 e. The van der Waals surface area contributed by atoms with Gasteiger partial charge in [-0.05, 0) is 118 Å². The van der Waals surface area contributed by atoms with Crippen LogP contribution < -0.4 is 10.6 Å². The molecule has 0 amide bonds. The van der Waals surface area contributed by atoms with Crippen molar-refractivity contribution in [2.75, 3.05) is 26.4 Å². The Balaban J connectivity index is 0.973. The molecule has 19 unspecified atom stereocenters. The Labute approximate surface area is 423 Å². The zero-order chi connectivity index (χ0) is 49.4. The fraction of sp³-hybridized carbons (Fsp3) is 0.712. The van der Waals surface area contributed by atoms with E-state index in [1.807, 2.05) is 12.1 Å². The summed E-state index contributed by atoms with van der Waals surface area (Å²) in [6.07, 6.45) is 13.2. The highest BCUT2D eigenvalue weighted by molar-refractivity contribution is 5.92. The van der Waals surface area contributed by atoms with Crippen LogP contribution in [-0.4, -0.2) is 101 Å². The summed E-state index contributed by atoms with van der Waals surface area (Å²) < 4.78 is 34.6. The summed E-state index contributed by atoms with van der Waals surface area (Å²) in [6.45, 7) is 5.52. The Kier molecular flexibility index (Phi) is 11.5. The van der Waals surface area contributed by atoms with E-state index in [-0.39, 0.29) is 67.2 Å². The summed E-state index contributed by atoms with van der Waals surface area (Å²) in [5.41, 5.74) is -5.33. The van der Waals surface area contributed by atoms with Crippen molar-refractivity contribution in [3.63, 3.8) is 0 Å². The molecular formula is C59H74N2O11. The van der Waals surface area contributed by atoms with Gasteiger partial charge in [0.05, 0.1) is 49.4 Å². The van der Waals surface area contributed by atoms with E-state index in [0.717, 1.165) is 77.4 Å². The number of Topliss-reactive ketones (excluding diaryl/α,β-unsaturated/α-hetero) is 1. The number of ketones is 1. The van der Waals surface area contributed by atoms with E-state index in [0.29, 0.717) is 42.5 Å². The predicted molar refractivity (Wildman–Crippen MR) is 262 cm³/mol. The molecule has 1 aromatic carbocycles. The van der Waals surface area contributed by atoms with Gasteiger partial charge in [-0.25, -0.2) is 4.79 Å². The maximum Gasteiger partial charge on any atom is 0.339 e. The standard InChI is InChI=1S/C59H74N2O11/c1-54-24-21-46-56-32-69-48(64)29-47(56)70-55(2,39-13-7-4-8-14-39)50(56)49(65)51(66)58(46)42-27-35(26-34-10-5-3-6-11-34)15-16-37(42)12-9-23-57(54,72-53(67)52-59(54,58)71-52)41-22-25-68-45(41)28-40(44(63)31-62)36-17-19-38(20-18-36)43-30-60-33-61-43/h3,5-6,10-11,17,19,22,25,35-40,42-44,46-47,50-52,60-63,66H,4,7-8,13-16,18,20-21,23-24,26-33H2,1-2H3. The van der Waals surface area contributed by atoms with Crippen molar-refractivity contribution in [2.45, 2.75) is 164 Å². The highest BCUT2D eigenvalue weighted by Gasteiger charge is 2.95. The van der Waals surface area contributed by atoms with E-state index in [2.05, 4.69) is 72.7 Å². The van der Waals surface area contributed by atoms with E-state index in [9.17, 15) is 20.1 Å². The number of benzene rings is 1. The van der Waals surface area contributed by atoms with Gasteiger partial charge < -0.3 is 44.0 Å². The van der Waals surface area contributed by atoms with Gasteiger partial charge in [0, 0.05) is 59.3 Å². The second kappa shape index (κ2) is 17.3. The van der Waals surface area contributed by atoms with E-state index in [4.69, 9.17) is 23.4 Å². The number of allylic oxidation sites excluding steroid dienone is 1. The first-order valence-electron chi connectivity index (χ1n) is 27.8. The molecule has 9 fully saturated rings. The van der Waals surface area contributed by atoms with Gasteiger partial charge in [0.2, 0.25) is 0 Å². The number of carbonyl (C=O) groups is 3. The lowest BCUT2D eigenvalue weighted by molar-refractivity contribution is -0.295. The zero-order valence-electron chi connectivity index (χ0n) is 42.0. The van der Waals surface area contributed by atoms with Crippen LogP contribution in [0.2, 0.25) is 0 Å². The average molecular weight is 987 g/mol. The SMILES string of the molecule is CC1(C2CCCCC2)OC2CC(=O)OCC23C1C(=O)C(O)C12C4CC(Cc5ccccc5)CCC4C#CCC4(c5ccoc5CC(C(O)CO)C5C=CC(C6CNCN6)CC5)OC(=O)C5OC51C4(C)CCC32. The van der Waals surface area contributed by atoms with Crippen molar-refractivity contribution < 1.29 is 53.1 Å². The lowest BCUT2D eigenvalue weighted by atomic mass is 9.31. The molecule has 1 aromatic heterocycles. The van der Waals surface area contributed by atoms with Gasteiger partial charge in [-0.3, -0.25) is 14.9 Å². The van der Waals surface area contributed by atoms with Crippen molar-refractivity contribution in [3.8, 4) is 11.8 Å². The first kappa shape index (κ1) is 47.8. The number of aliphatic hydroxyl groups excluding tert-OH is 3.